The topological polar surface area (TPSA) is 106 Å². The highest BCUT2D eigenvalue weighted by molar-refractivity contribution is 5.64. The molecule has 31 heavy (non-hydrogen) atoms. The molecular formula is C22H20N8O. The fourth-order valence-electron chi connectivity index (χ4n) is 3.57. The molecule has 1 unspecified atom stereocenters. The molecule has 154 valence electrons. The van der Waals surface area contributed by atoms with Gasteiger partial charge in [0.05, 0.1) is 11.4 Å². The third-order valence-electron chi connectivity index (χ3n) is 5.19. The Bertz CT molecular complexity index is 1400. The molecule has 0 saturated heterocycles. The molecule has 5 aromatic rings. The van der Waals surface area contributed by atoms with E-state index >= 15 is 0 Å². The first-order valence-electron chi connectivity index (χ1n) is 9.85. The highest BCUT2D eigenvalue weighted by atomic mass is 16.1. The van der Waals surface area contributed by atoms with Gasteiger partial charge in [0.1, 0.15) is 12.1 Å². The number of fused-ring (bicyclic) bond motifs is 1. The number of aromatic nitrogens is 7. The summed E-state index contributed by atoms with van der Waals surface area (Å²) in [4.78, 5) is 27.7. The van der Waals surface area contributed by atoms with Crippen LogP contribution in [0.5, 0.6) is 0 Å². The SMILES string of the molecule is Cc1c[nH]c(=O)n1-c1ccc(C(C)Nc2cc(-c3cccnc3)nc3ncnn23)cc1. The van der Waals surface area contributed by atoms with Crippen LogP contribution in [-0.2, 0) is 0 Å². The summed E-state index contributed by atoms with van der Waals surface area (Å²) in [5, 5.41) is 7.79. The van der Waals surface area contributed by atoms with E-state index in [1.165, 1.54) is 6.33 Å². The first-order valence-corrected chi connectivity index (χ1v) is 9.85. The van der Waals surface area contributed by atoms with Gasteiger partial charge in [0.25, 0.3) is 5.78 Å². The van der Waals surface area contributed by atoms with Gasteiger partial charge in [-0.1, -0.05) is 12.1 Å². The van der Waals surface area contributed by atoms with Crippen LogP contribution in [0.3, 0.4) is 0 Å². The van der Waals surface area contributed by atoms with Crippen LogP contribution in [0.4, 0.5) is 5.82 Å². The molecule has 0 fully saturated rings. The molecule has 0 aliphatic heterocycles. The number of imidazole rings is 1. The van der Waals surface area contributed by atoms with Crippen LogP contribution < -0.4 is 11.0 Å². The summed E-state index contributed by atoms with van der Waals surface area (Å²) in [6.07, 6.45) is 6.68. The Kier molecular flexibility index (Phi) is 4.55. The highest BCUT2D eigenvalue weighted by Crippen LogP contribution is 2.25. The Balaban J connectivity index is 1.46. The molecule has 5 rings (SSSR count). The largest absolute Gasteiger partial charge is 0.363 e. The van der Waals surface area contributed by atoms with Gasteiger partial charge in [-0.25, -0.2) is 9.78 Å². The Morgan fingerprint density at radius 3 is 2.71 bits per heavy atom. The van der Waals surface area contributed by atoms with Crippen molar-refractivity contribution in [3.05, 3.63) is 89.1 Å². The standard InChI is InChI=1S/C22H20N8O/c1-14-11-24-22(31)29(14)18-7-5-16(6-8-18)15(2)27-20-10-19(17-4-3-9-23-12-17)28-21-25-13-26-30(20)21/h3-13,15,27H,1-2H3,(H,24,31). The summed E-state index contributed by atoms with van der Waals surface area (Å²) >= 11 is 0. The molecule has 9 heteroatoms. The molecule has 4 heterocycles. The van der Waals surface area contributed by atoms with Crippen molar-refractivity contribution < 1.29 is 0 Å². The van der Waals surface area contributed by atoms with E-state index in [0.29, 0.717) is 5.78 Å². The number of nitrogens with one attached hydrogen (secondary N) is 2. The number of H-pyrrole nitrogens is 1. The Morgan fingerprint density at radius 1 is 1.16 bits per heavy atom. The lowest BCUT2D eigenvalue weighted by atomic mass is 10.1. The fraction of sp³-hybridized carbons (Fsp3) is 0.136. The molecule has 0 bridgehead atoms. The quantitative estimate of drug-likeness (QED) is 0.459. The van der Waals surface area contributed by atoms with Gasteiger partial charge in [-0.3, -0.25) is 9.55 Å². The van der Waals surface area contributed by atoms with Crippen molar-refractivity contribution in [2.24, 2.45) is 0 Å². The molecule has 0 radical (unpaired) electrons. The number of aromatic amines is 1. The minimum Gasteiger partial charge on any atom is -0.363 e. The Hall–Kier alpha value is -4.27. The maximum Gasteiger partial charge on any atom is 0.330 e. The molecule has 0 aliphatic carbocycles. The zero-order valence-electron chi connectivity index (χ0n) is 17.0. The van der Waals surface area contributed by atoms with E-state index in [0.717, 1.165) is 34.0 Å². The van der Waals surface area contributed by atoms with Crippen LogP contribution >= 0.6 is 0 Å². The predicted molar refractivity (Wildman–Crippen MR) is 117 cm³/mol. The number of nitrogens with zero attached hydrogens (tertiary/aromatic N) is 6. The van der Waals surface area contributed by atoms with Crippen molar-refractivity contribution in [3.63, 3.8) is 0 Å². The second-order valence-electron chi connectivity index (χ2n) is 7.27. The summed E-state index contributed by atoms with van der Waals surface area (Å²) in [5.41, 5.74) is 4.27. The van der Waals surface area contributed by atoms with Crippen molar-refractivity contribution in [2.45, 2.75) is 19.9 Å². The second kappa shape index (κ2) is 7.52. The molecule has 0 amide bonds. The normalized spacial score (nSPS) is 12.2. The van der Waals surface area contributed by atoms with E-state index in [4.69, 9.17) is 0 Å². The monoisotopic (exact) mass is 412 g/mol. The first-order chi connectivity index (χ1) is 15.1. The lowest BCUT2D eigenvalue weighted by molar-refractivity contribution is 0.839. The van der Waals surface area contributed by atoms with E-state index in [9.17, 15) is 4.79 Å². The highest BCUT2D eigenvalue weighted by Gasteiger charge is 2.13. The van der Waals surface area contributed by atoms with E-state index in [1.54, 1.807) is 27.7 Å². The van der Waals surface area contributed by atoms with Gasteiger partial charge in [-0.2, -0.15) is 14.6 Å². The zero-order chi connectivity index (χ0) is 21.4. The van der Waals surface area contributed by atoms with E-state index in [1.807, 2.05) is 49.4 Å². The number of rotatable bonds is 5. The first kappa shape index (κ1) is 18.7. The number of hydrogen-bond donors (Lipinski definition) is 2. The average molecular weight is 412 g/mol. The van der Waals surface area contributed by atoms with Gasteiger partial charge < -0.3 is 10.3 Å². The third kappa shape index (κ3) is 3.46. The van der Waals surface area contributed by atoms with Crippen LogP contribution in [0.15, 0.2) is 72.2 Å². The smallest absolute Gasteiger partial charge is 0.330 e. The fourth-order valence-corrected chi connectivity index (χ4v) is 3.57. The molecule has 2 N–H and O–H groups in total. The maximum absolute atomic E-state index is 12.0. The number of hydrogen-bond acceptors (Lipinski definition) is 6. The lowest BCUT2D eigenvalue weighted by Gasteiger charge is -2.17. The molecule has 1 aromatic carbocycles. The Morgan fingerprint density at radius 2 is 2.00 bits per heavy atom. The Labute approximate surface area is 177 Å². The van der Waals surface area contributed by atoms with Gasteiger partial charge >= 0.3 is 5.69 Å². The maximum atomic E-state index is 12.0. The molecular weight excluding hydrogens is 392 g/mol. The molecule has 9 nitrogen and oxygen atoms in total. The van der Waals surface area contributed by atoms with Crippen molar-refractivity contribution in [3.8, 4) is 16.9 Å². The van der Waals surface area contributed by atoms with Crippen molar-refractivity contribution in [2.75, 3.05) is 5.32 Å². The summed E-state index contributed by atoms with van der Waals surface area (Å²) in [7, 11) is 0. The van der Waals surface area contributed by atoms with Gasteiger partial charge in [0.15, 0.2) is 0 Å². The number of aryl methyl sites for hydroxylation is 1. The van der Waals surface area contributed by atoms with Crippen LogP contribution in [0, 0.1) is 6.92 Å². The number of benzene rings is 1. The van der Waals surface area contributed by atoms with Crippen molar-refractivity contribution in [1.82, 2.24) is 34.1 Å². The van der Waals surface area contributed by atoms with Crippen LogP contribution in [0.25, 0.3) is 22.7 Å². The zero-order valence-corrected chi connectivity index (χ0v) is 17.0. The van der Waals surface area contributed by atoms with Gasteiger partial charge in [0, 0.05) is 42.0 Å². The minimum atomic E-state index is -0.148. The van der Waals surface area contributed by atoms with Gasteiger partial charge in [0.2, 0.25) is 0 Å². The lowest BCUT2D eigenvalue weighted by Crippen LogP contribution is -2.16. The summed E-state index contributed by atoms with van der Waals surface area (Å²) in [5.74, 6) is 1.28. The van der Waals surface area contributed by atoms with Crippen LogP contribution in [0.2, 0.25) is 0 Å². The van der Waals surface area contributed by atoms with E-state index in [-0.39, 0.29) is 11.7 Å². The summed E-state index contributed by atoms with van der Waals surface area (Å²) in [6.45, 7) is 3.96. The van der Waals surface area contributed by atoms with Crippen LogP contribution in [-0.4, -0.2) is 34.1 Å². The molecule has 0 spiro atoms. The summed E-state index contributed by atoms with van der Waals surface area (Å²) < 4.78 is 3.32. The molecule has 0 saturated carbocycles. The molecule has 1 atom stereocenters. The number of anilines is 1. The van der Waals surface area contributed by atoms with Crippen molar-refractivity contribution in [1.29, 1.82) is 0 Å². The third-order valence-corrected chi connectivity index (χ3v) is 5.19. The van der Waals surface area contributed by atoms with Gasteiger partial charge in [-0.05, 0) is 43.7 Å². The molecule has 0 aliphatic rings. The van der Waals surface area contributed by atoms with Crippen LogP contribution in [0.1, 0.15) is 24.2 Å². The van der Waals surface area contributed by atoms with E-state index < -0.39 is 0 Å². The second-order valence-corrected chi connectivity index (χ2v) is 7.27. The van der Waals surface area contributed by atoms with Crippen molar-refractivity contribution >= 4 is 11.6 Å². The number of pyridine rings is 1. The van der Waals surface area contributed by atoms with Gasteiger partial charge in [-0.15, -0.1) is 0 Å². The predicted octanol–water partition coefficient (Wildman–Crippen LogP) is 3.15. The average Bonchev–Trinajstić information content (AvgIpc) is 3.40. The minimum absolute atomic E-state index is 0.0189. The molecule has 4 aromatic heterocycles. The summed E-state index contributed by atoms with van der Waals surface area (Å²) in [6, 6.07) is 13.6. The van der Waals surface area contributed by atoms with E-state index in [2.05, 4.69) is 37.3 Å².